The molecular formula is C21H26N2O4. The van der Waals surface area contributed by atoms with Crippen molar-refractivity contribution in [2.24, 2.45) is 11.8 Å². The van der Waals surface area contributed by atoms with Gasteiger partial charge in [-0.25, -0.2) is 0 Å². The SMILES string of the molecule is COC(=O)C[C@@H]1CN2CC[C@H]1C[C@H]2[C@H](O)c1ccnc2ccc(OC)cc12. The first-order valence-corrected chi connectivity index (χ1v) is 9.52. The third kappa shape index (κ3) is 3.39. The summed E-state index contributed by atoms with van der Waals surface area (Å²) in [6.45, 7) is 1.81. The van der Waals surface area contributed by atoms with E-state index in [1.165, 1.54) is 7.11 Å². The monoisotopic (exact) mass is 370 g/mol. The van der Waals surface area contributed by atoms with Crippen LogP contribution in [-0.2, 0) is 9.53 Å². The summed E-state index contributed by atoms with van der Waals surface area (Å²) in [7, 11) is 3.08. The number of methoxy groups -OCH3 is 2. The number of hydrogen-bond acceptors (Lipinski definition) is 6. The average Bonchev–Trinajstić information content (AvgIpc) is 2.72. The van der Waals surface area contributed by atoms with Crippen LogP contribution in [0.4, 0.5) is 0 Å². The van der Waals surface area contributed by atoms with Crippen molar-refractivity contribution in [1.29, 1.82) is 0 Å². The molecule has 5 atom stereocenters. The first-order valence-electron chi connectivity index (χ1n) is 9.52. The van der Waals surface area contributed by atoms with Crippen LogP contribution in [0.2, 0.25) is 0 Å². The normalized spacial score (nSPS) is 28.1. The maximum Gasteiger partial charge on any atom is 0.305 e. The quantitative estimate of drug-likeness (QED) is 0.816. The van der Waals surface area contributed by atoms with Crippen molar-refractivity contribution < 1.29 is 19.4 Å². The highest BCUT2D eigenvalue weighted by Gasteiger charge is 2.43. The Morgan fingerprint density at radius 1 is 1.37 bits per heavy atom. The lowest BCUT2D eigenvalue weighted by atomic mass is 9.72. The number of ether oxygens (including phenoxy) is 2. The smallest absolute Gasteiger partial charge is 0.305 e. The number of nitrogens with zero attached hydrogens (tertiary/aromatic N) is 2. The first kappa shape index (κ1) is 18.2. The number of rotatable bonds is 5. The molecule has 0 spiro atoms. The number of aliphatic hydroxyl groups is 1. The molecule has 2 aromatic rings. The second-order valence-electron chi connectivity index (χ2n) is 7.62. The number of piperidine rings is 3. The van der Waals surface area contributed by atoms with E-state index in [4.69, 9.17) is 9.47 Å². The van der Waals surface area contributed by atoms with E-state index in [1.807, 2.05) is 24.3 Å². The summed E-state index contributed by atoms with van der Waals surface area (Å²) in [5.41, 5.74) is 1.74. The molecule has 3 aliphatic heterocycles. The molecule has 144 valence electrons. The molecule has 1 aromatic carbocycles. The highest BCUT2D eigenvalue weighted by Crippen LogP contribution is 2.43. The Hall–Kier alpha value is -2.18. The lowest BCUT2D eigenvalue weighted by Crippen LogP contribution is -2.55. The summed E-state index contributed by atoms with van der Waals surface area (Å²) in [5.74, 6) is 1.39. The molecule has 2 bridgehead atoms. The topological polar surface area (TPSA) is 71.9 Å². The van der Waals surface area contributed by atoms with Gasteiger partial charge >= 0.3 is 5.97 Å². The van der Waals surface area contributed by atoms with Crippen molar-refractivity contribution in [2.75, 3.05) is 27.3 Å². The van der Waals surface area contributed by atoms with Crippen LogP contribution in [-0.4, -0.2) is 54.3 Å². The molecular weight excluding hydrogens is 344 g/mol. The second kappa shape index (κ2) is 7.44. The summed E-state index contributed by atoms with van der Waals surface area (Å²) in [4.78, 5) is 18.4. The van der Waals surface area contributed by atoms with E-state index in [0.717, 1.165) is 48.1 Å². The fourth-order valence-corrected chi connectivity index (χ4v) is 4.78. The van der Waals surface area contributed by atoms with E-state index in [-0.39, 0.29) is 12.0 Å². The van der Waals surface area contributed by atoms with Gasteiger partial charge in [0, 0.05) is 30.6 Å². The van der Waals surface area contributed by atoms with Gasteiger partial charge in [-0.1, -0.05) is 0 Å². The molecule has 0 radical (unpaired) electrons. The molecule has 0 amide bonds. The Morgan fingerprint density at radius 3 is 2.93 bits per heavy atom. The van der Waals surface area contributed by atoms with Gasteiger partial charge in [0.1, 0.15) is 5.75 Å². The Morgan fingerprint density at radius 2 is 2.22 bits per heavy atom. The maximum atomic E-state index is 11.7. The third-order valence-electron chi connectivity index (χ3n) is 6.26. The summed E-state index contributed by atoms with van der Waals surface area (Å²) >= 11 is 0. The van der Waals surface area contributed by atoms with Gasteiger partial charge in [0.2, 0.25) is 0 Å². The average molecular weight is 370 g/mol. The van der Waals surface area contributed by atoms with Gasteiger partial charge in [0.15, 0.2) is 0 Å². The van der Waals surface area contributed by atoms with E-state index in [1.54, 1.807) is 13.3 Å². The number of hydrogen-bond donors (Lipinski definition) is 1. The van der Waals surface area contributed by atoms with Crippen LogP contribution in [0.25, 0.3) is 10.9 Å². The molecule has 3 saturated heterocycles. The van der Waals surface area contributed by atoms with Crippen LogP contribution in [0.15, 0.2) is 30.5 Å². The summed E-state index contributed by atoms with van der Waals surface area (Å²) < 4.78 is 10.2. The van der Waals surface area contributed by atoms with Crippen LogP contribution in [0.3, 0.4) is 0 Å². The van der Waals surface area contributed by atoms with Gasteiger partial charge in [0.25, 0.3) is 0 Å². The molecule has 3 fully saturated rings. The number of aliphatic hydroxyl groups excluding tert-OH is 1. The van der Waals surface area contributed by atoms with Crippen LogP contribution in [0.5, 0.6) is 5.75 Å². The summed E-state index contributed by atoms with van der Waals surface area (Å²) in [6, 6.07) is 7.72. The summed E-state index contributed by atoms with van der Waals surface area (Å²) in [6.07, 6.45) is 3.61. The van der Waals surface area contributed by atoms with E-state index in [2.05, 4.69) is 9.88 Å². The minimum absolute atomic E-state index is 0.0643. The largest absolute Gasteiger partial charge is 0.497 e. The molecule has 0 aliphatic carbocycles. The fourth-order valence-electron chi connectivity index (χ4n) is 4.78. The number of fused-ring (bicyclic) bond motifs is 4. The molecule has 1 N–H and O–H groups in total. The van der Waals surface area contributed by atoms with Crippen LogP contribution in [0.1, 0.15) is 30.9 Å². The zero-order valence-corrected chi connectivity index (χ0v) is 15.8. The fraction of sp³-hybridized carbons (Fsp3) is 0.524. The van der Waals surface area contributed by atoms with Crippen LogP contribution in [0, 0.1) is 11.8 Å². The molecule has 5 rings (SSSR count). The maximum absolute atomic E-state index is 11.7. The Labute approximate surface area is 159 Å². The minimum Gasteiger partial charge on any atom is -0.497 e. The number of benzene rings is 1. The van der Waals surface area contributed by atoms with Gasteiger partial charge in [0.05, 0.1) is 25.8 Å². The van der Waals surface area contributed by atoms with E-state index in [9.17, 15) is 9.90 Å². The lowest BCUT2D eigenvalue weighted by molar-refractivity contribution is -0.144. The molecule has 4 heterocycles. The highest BCUT2D eigenvalue weighted by atomic mass is 16.5. The number of aromatic nitrogens is 1. The van der Waals surface area contributed by atoms with Crippen LogP contribution >= 0.6 is 0 Å². The van der Waals surface area contributed by atoms with Gasteiger partial charge < -0.3 is 14.6 Å². The van der Waals surface area contributed by atoms with Gasteiger partial charge in [-0.15, -0.1) is 0 Å². The zero-order chi connectivity index (χ0) is 19.0. The molecule has 0 saturated carbocycles. The lowest BCUT2D eigenvalue weighted by Gasteiger charge is -2.51. The number of carbonyl (C=O) groups is 1. The third-order valence-corrected chi connectivity index (χ3v) is 6.26. The predicted octanol–water partition coefficient (Wildman–Crippen LogP) is 2.55. The number of pyridine rings is 1. The molecule has 1 aromatic heterocycles. The molecule has 6 heteroatoms. The minimum atomic E-state index is -0.593. The Kier molecular flexibility index (Phi) is 5.02. The zero-order valence-electron chi connectivity index (χ0n) is 15.8. The molecule has 1 unspecified atom stereocenters. The van der Waals surface area contributed by atoms with Crippen molar-refractivity contribution in [1.82, 2.24) is 9.88 Å². The standard InChI is InChI=1S/C21H26N2O4/c1-26-15-3-4-18-17(11-15)16(5-7-22-18)21(25)19-9-13-6-8-23(19)12-14(13)10-20(24)27-2/h3-5,7,11,13-14,19,21,25H,6,8-10,12H2,1-2H3/t13-,14+,19-,21+/m0/s1. The Bertz CT molecular complexity index is 840. The van der Waals surface area contributed by atoms with Gasteiger partial charge in [-0.3, -0.25) is 14.7 Å². The number of esters is 1. The van der Waals surface area contributed by atoms with Crippen molar-refractivity contribution in [2.45, 2.75) is 31.4 Å². The van der Waals surface area contributed by atoms with Gasteiger partial charge in [-0.05, 0) is 61.1 Å². The van der Waals surface area contributed by atoms with Crippen molar-refractivity contribution >= 4 is 16.9 Å². The molecule has 27 heavy (non-hydrogen) atoms. The van der Waals surface area contributed by atoms with Gasteiger partial charge in [-0.2, -0.15) is 0 Å². The number of carbonyl (C=O) groups excluding carboxylic acids is 1. The van der Waals surface area contributed by atoms with Crippen molar-refractivity contribution in [3.63, 3.8) is 0 Å². The Balaban J connectivity index is 1.58. The molecule has 3 aliphatic rings. The predicted molar refractivity (Wildman–Crippen MR) is 101 cm³/mol. The highest BCUT2D eigenvalue weighted by molar-refractivity contribution is 5.84. The van der Waals surface area contributed by atoms with E-state index in [0.29, 0.717) is 18.3 Å². The van der Waals surface area contributed by atoms with Crippen molar-refractivity contribution in [3.8, 4) is 5.75 Å². The van der Waals surface area contributed by atoms with Crippen molar-refractivity contribution in [3.05, 3.63) is 36.0 Å². The summed E-state index contributed by atoms with van der Waals surface area (Å²) in [5, 5.41) is 12.2. The molecule has 6 nitrogen and oxygen atoms in total. The first-order chi connectivity index (χ1) is 13.1. The van der Waals surface area contributed by atoms with E-state index < -0.39 is 6.10 Å². The van der Waals surface area contributed by atoms with E-state index >= 15 is 0 Å². The van der Waals surface area contributed by atoms with Crippen LogP contribution < -0.4 is 4.74 Å². The second-order valence-corrected chi connectivity index (χ2v) is 7.62.